The molecule has 1 rings (SSSR count). The van der Waals surface area contributed by atoms with E-state index in [2.05, 4.69) is 42.5 Å². The molecule has 5 heteroatoms. The van der Waals surface area contributed by atoms with Gasteiger partial charge in [0.05, 0.1) is 44.3 Å². The van der Waals surface area contributed by atoms with Crippen molar-refractivity contribution < 1.29 is 0 Å². The third-order valence-electron chi connectivity index (χ3n) is 2.58. The van der Waals surface area contributed by atoms with Crippen LogP contribution in [0.3, 0.4) is 0 Å². The molecule has 0 aliphatic carbocycles. The maximum Gasteiger partial charge on any atom is 0.139 e. The lowest BCUT2D eigenvalue weighted by molar-refractivity contribution is 1.05. The number of nitrogens with zero attached hydrogens (tertiary/aromatic N) is 3. The van der Waals surface area contributed by atoms with Gasteiger partial charge in [0.2, 0.25) is 0 Å². The Morgan fingerprint density at radius 1 is 1.20 bits per heavy atom. The minimum Gasteiger partial charge on any atom is -0.383 e. The first-order chi connectivity index (χ1) is 9.37. The van der Waals surface area contributed by atoms with E-state index in [1.54, 1.807) is 6.07 Å². The highest BCUT2D eigenvalue weighted by Gasteiger charge is 2.11. The molecule has 0 unspecified atom stereocenters. The van der Waals surface area contributed by atoms with Gasteiger partial charge >= 0.3 is 0 Å². The molecule has 0 amide bonds. The van der Waals surface area contributed by atoms with Crippen LogP contribution in [0.25, 0.3) is 0 Å². The molecule has 0 bridgehead atoms. The van der Waals surface area contributed by atoms with Gasteiger partial charge in [0.15, 0.2) is 0 Å². The van der Waals surface area contributed by atoms with E-state index in [4.69, 9.17) is 16.3 Å². The van der Waals surface area contributed by atoms with Crippen LogP contribution in [-0.2, 0) is 12.8 Å². The van der Waals surface area contributed by atoms with Gasteiger partial charge in [0.1, 0.15) is 5.82 Å². The second kappa shape index (κ2) is 6.75. The van der Waals surface area contributed by atoms with Crippen LogP contribution < -0.4 is 5.73 Å². The van der Waals surface area contributed by atoms with Crippen molar-refractivity contribution in [1.82, 2.24) is 4.98 Å². The largest absolute Gasteiger partial charge is 0.383 e. The monoisotopic (exact) mass is 282 g/mol. The van der Waals surface area contributed by atoms with E-state index < -0.39 is 8.07 Å². The Morgan fingerprint density at radius 3 is 2.40 bits per heavy atom. The average molecular weight is 282 g/mol. The number of aromatic nitrogens is 1. The van der Waals surface area contributed by atoms with Crippen LogP contribution in [0.15, 0.2) is 6.07 Å². The number of nitrogens with two attached hydrogens (primary N) is 1. The molecule has 4 nitrogen and oxygen atoms in total. The van der Waals surface area contributed by atoms with E-state index in [1.165, 1.54) is 0 Å². The van der Waals surface area contributed by atoms with E-state index in [1.807, 2.05) is 6.07 Å². The van der Waals surface area contributed by atoms with Crippen LogP contribution in [-0.4, -0.2) is 13.1 Å². The molecule has 0 aliphatic rings. The Kier molecular flexibility index (Phi) is 5.32. The molecule has 0 saturated heterocycles. The smallest absolute Gasteiger partial charge is 0.139 e. The van der Waals surface area contributed by atoms with Crippen molar-refractivity contribution in [2.24, 2.45) is 0 Å². The summed E-state index contributed by atoms with van der Waals surface area (Å²) >= 11 is 0. The Balaban J connectivity index is 3.13. The number of nitrogen functional groups attached to an aromatic ring is 1. The van der Waals surface area contributed by atoms with Crippen LogP contribution in [0.1, 0.15) is 16.8 Å². The van der Waals surface area contributed by atoms with E-state index >= 15 is 0 Å². The molecule has 1 heterocycles. The zero-order chi connectivity index (χ0) is 15.2. The Bertz CT molecular complexity index is 633. The van der Waals surface area contributed by atoms with Gasteiger partial charge in [-0.15, -0.1) is 5.92 Å². The van der Waals surface area contributed by atoms with Crippen molar-refractivity contribution in [3.05, 3.63) is 22.9 Å². The lowest BCUT2D eigenvalue weighted by atomic mass is 10.1. The number of hydrogen-bond acceptors (Lipinski definition) is 4. The van der Waals surface area contributed by atoms with Crippen molar-refractivity contribution >= 4 is 13.9 Å². The topological polar surface area (TPSA) is 86.5 Å². The highest BCUT2D eigenvalue weighted by molar-refractivity contribution is 6.76. The number of hydrogen-bond donors (Lipinski definition) is 1. The van der Waals surface area contributed by atoms with Gasteiger partial charge in [-0.3, -0.25) is 0 Å². The standard InChI is InChI=1S/C15H18N4Si/c1-20(2,3)10-4-5-13-11-12(6-8-16)14(7-9-17)19-15(13)18/h11H,6-7,10H2,1-3H3,(H2,18,19). The van der Waals surface area contributed by atoms with Crippen molar-refractivity contribution in [1.29, 1.82) is 10.5 Å². The third kappa shape index (κ3) is 4.76. The Labute approximate surface area is 121 Å². The summed E-state index contributed by atoms with van der Waals surface area (Å²) in [4.78, 5) is 4.21. The van der Waals surface area contributed by atoms with Crippen molar-refractivity contribution in [2.45, 2.75) is 38.5 Å². The predicted octanol–water partition coefficient (Wildman–Crippen LogP) is 2.49. The minimum atomic E-state index is -1.21. The molecule has 0 radical (unpaired) electrons. The molecule has 1 aromatic rings. The normalized spacial score (nSPS) is 10.1. The van der Waals surface area contributed by atoms with Gasteiger partial charge in [-0.1, -0.05) is 25.6 Å². The lowest BCUT2D eigenvalue weighted by Gasteiger charge is -2.10. The molecule has 0 fully saturated rings. The average Bonchev–Trinajstić information content (AvgIpc) is 2.33. The first kappa shape index (κ1) is 15.8. The Morgan fingerprint density at radius 2 is 1.85 bits per heavy atom. The quantitative estimate of drug-likeness (QED) is 0.681. The number of pyridine rings is 1. The SMILES string of the molecule is C[Si](C)(C)CC#Cc1cc(CC#N)c(CC#N)nc1N. The summed E-state index contributed by atoms with van der Waals surface area (Å²) in [5.41, 5.74) is 7.83. The fraction of sp³-hybridized carbons (Fsp3) is 0.400. The summed E-state index contributed by atoms with van der Waals surface area (Å²) in [6, 6.07) is 6.79. The summed E-state index contributed by atoms with van der Waals surface area (Å²) in [7, 11) is -1.21. The minimum absolute atomic E-state index is 0.157. The van der Waals surface area contributed by atoms with Gasteiger partial charge in [-0.05, 0) is 11.6 Å². The molecular formula is C15H18N4Si. The van der Waals surface area contributed by atoms with Gasteiger partial charge in [-0.25, -0.2) is 4.98 Å². The van der Waals surface area contributed by atoms with E-state index in [0.29, 0.717) is 17.1 Å². The first-order valence-electron chi connectivity index (χ1n) is 6.38. The maximum absolute atomic E-state index is 8.83. The lowest BCUT2D eigenvalue weighted by Crippen LogP contribution is -2.17. The number of nitriles is 2. The fourth-order valence-electron chi connectivity index (χ4n) is 1.58. The molecule has 1 aromatic heterocycles. The molecule has 0 aliphatic heterocycles. The van der Waals surface area contributed by atoms with Gasteiger partial charge < -0.3 is 5.73 Å². The van der Waals surface area contributed by atoms with E-state index in [-0.39, 0.29) is 12.8 Å². The third-order valence-corrected chi connectivity index (χ3v) is 3.82. The predicted molar refractivity (Wildman–Crippen MR) is 82.3 cm³/mol. The number of anilines is 1. The molecule has 102 valence electrons. The summed E-state index contributed by atoms with van der Waals surface area (Å²) in [6.45, 7) is 6.75. The van der Waals surface area contributed by atoms with Gasteiger partial charge in [-0.2, -0.15) is 10.5 Å². The summed E-state index contributed by atoms with van der Waals surface area (Å²) in [6.07, 6.45) is 0.372. The van der Waals surface area contributed by atoms with Gasteiger partial charge in [0, 0.05) is 6.04 Å². The zero-order valence-electron chi connectivity index (χ0n) is 12.1. The molecule has 0 saturated carbocycles. The highest BCUT2D eigenvalue weighted by Crippen LogP contribution is 2.16. The van der Waals surface area contributed by atoms with Crippen molar-refractivity contribution in [2.75, 3.05) is 5.73 Å². The second-order valence-electron chi connectivity index (χ2n) is 5.74. The van der Waals surface area contributed by atoms with Crippen LogP contribution in [0.2, 0.25) is 25.7 Å². The van der Waals surface area contributed by atoms with Crippen LogP contribution in [0, 0.1) is 34.5 Å². The van der Waals surface area contributed by atoms with Gasteiger partial charge in [0.25, 0.3) is 0 Å². The van der Waals surface area contributed by atoms with Crippen molar-refractivity contribution in [3.8, 4) is 24.0 Å². The number of rotatable bonds is 3. The molecule has 0 spiro atoms. The molecular weight excluding hydrogens is 264 g/mol. The van der Waals surface area contributed by atoms with Crippen LogP contribution >= 0.6 is 0 Å². The first-order valence-corrected chi connectivity index (χ1v) is 10.1. The van der Waals surface area contributed by atoms with E-state index in [9.17, 15) is 0 Å². The molecule has 0 aromatic carbocycles. The molecule has 20 heavy (non-hydrogen) atoms. The summed E-state index contributed by atoms with van der Waals surface area (Å²) < 4.78 is 0. The highest BCUT2D eigenvalue weighted by atomic mass is 28.3. The van der Waals surface area contributed by atoms with Crippen LogP contribution in [0.4, 0.5) is 5.82 Å². The fourth-order valence-corrected chi connectivity index (χ4v) is 2.20. The molecule has 0 atom stereocenters. The van der Waals surface area contributed by atoms with Crippen molar-refractivity contribution in [3.63, 3.8) is 0 Å². The maximum atomic E-state index is 8.83. The Hall–Kier alpha value is -2.29. The van der Waals surface area contributed by atoms with Crippen LogP contribution in [0.5, 0.6) is 0 Å². The molecule has 2 N–H and O–H groups in total. The summed E-state index contributed by atoms with van der Waals surface area (Å²) in [5, 5.41) is 17.6. The second-order valence-corrected chi connectivity index (χ2v) is 11.2. The zero-order valence-corrected chi connectivity index (χ0v) is 13.1. The summed E-state index contributed by atoms with van der Waals surface area (Å²) in [5.74, 6) is 6.52. The van der Waals surface area contributed by atoms with E-state index in [0.717, 1.165) is 11.6 Å².